The summed E-state index contributed by atoms with van der Waals surface area (Å²) in [4.78, 5) is 32.6. The van der Waals surface area contributed by atoms with Gasteiger partial charge in [-0.15, -0.1) is 0 Å². The first kappa shape index (κ1) is 30.8. The van der Waals surface area contributed by atoms with Gasteiger partial charge >= 0.3 is 5.76 Å². The van der Waals surface area contributed by atoms with Crippen molar-refractivity contribution in [2.75, 3.05) is 7.11 Å². The molecule has 1 radical (unpaired) electrons. The van der Waals surface area contributed by atoms with Crippen molar-refractivity contribution in [2.24, 2.45) is 0 Å². The van der Waals surface area contributed by atoms with Gasteiger partial charge in [-0.3, -0.25) is 14.3 Å². The smallest absolute Gasteiger partial charge is 0.439 e. The number of benzene rings is 3. The fourth-order valence-electron chi connectivity index (χ4n) is 5.15. The van der Waals surface area contributed by atoms with Gasteiger partial charge in [0.15, 0.2) is 17.4 Å². The van der Waals surface area contributed by atoms with Crippen LogP contribution in [0.5, 0.6) is 5.75 Å². The van der Waals surface area contributed by atoms with Crippen molar-refractivity contribution < 1.29 is 13.7 Å². The number of H-pyrrole nitrogens is 1. The minimum absolute atomic E-state index is 0. The van der Waals surface area contributed by atoms with Crippen LogP contribution in [0.4, 0.5) is 4.39 Å². The van der Waals surface area contributed by atoms with Crippen molar-refractivity contribution in [3.63, 3.8) is 0 Å². The summed E-state index contributed by atoms with van der Waals surface area (Å²) in [6.45, 7) is 2.09. The van der Waals surface area contributed by atoms with Crippen molar-refractivity contribution in [1.29, 1.82) is 0 Å². The minimum Gasteiger partial charge on any atom is -0.494 e. The molecule has 0 atom stereocenters. The van der Waals surface area contributed by atoms with Gasteiger partial charge in [-0.25, -0.2) is 18.3 Å². The Morgan fingerprint density at radius 1 is 1.02 bits per heavy atom. The van der Waals surface area contributed by atoms with Crippen LogP contribution in [0.15, 0.2) is 87.2 Å². The quantitative estimate of drug-likeness (QED) is 0.239. The number of halogens is 1. The van der Waals surface area contributed by atoms with E-state index < -0.39 is 11.6 Å². The minimum atomic E-state index is -0.624. The normalized spacial score (nSPS) is 11.0. The number of fused-ring (bicyclic) bond motifs is 1. The number of aromatic nitrogens is 6. The summed E-state index contributed by atoms with van der Waals surface area (Å²) in [5.41, 5.74) is 4.80. The number of rotatable bonds is 9. The molecule has 3 aromatic heterocycles. The van der Waals surface area contributed by atoms with Crippen molar-refractivity contribution in [2.45, 2.75) is 32.6 Å². The molecule has 0 spiro atoms. The second kappa shape index (κ2) is 13.3. The standard InChI is InChI=1S/C31H27FN6O4.K/c1-3-4-9-26-24(29(39)37(30-33-18-34-38(26)30)21-14-15-27(41-2)25(32)17-21)16-19-10-12-20(13-11-19)22-7-5-6-8-23(22)28-35-31(40)42-36-28;/h5-8,10-15,17-18H,3-4,9,16H2,1-2H3,(H,35,36,40);. The number of unbranched alkanes of at least 4 members (excludes halogenated alkanes) is 1. The summed E-state index contributed by atoms with van der Waals surface area (Å²) >= 11 is 0. The Kier molecular flexibility index (Phi) is 9.52. The maximum atomic E-state index is 14.7. The summed E-state index contributed by atoms with van der Waals surface area (Å²) in [6.07, 6.45) is 4.18. The maximum absolute atomic E-state index is 14.7. The first-order valence-electron chi connectivity index (χ1n) is 13.5. The van der Waals surface area contributed by atoms with Crippen LogP contribution in [0, 0.1) is 5.82 Å². The largest absolute Gasteiger partial charge is 0.494 e. The van der Waals surface area contributed by atoms with Crippen LogP contribution in [0.25, 0.3) is 34.0 Å². The molecule has 0 fully saturated rings. The van der Waals surface area contributed by atoms with E-state index in [0.717, 1.165) is 40.8 Å². The first-order valence-corrected chi connectivity index (χ1v) is 13.5. The number of hydrogen-bond donors (Lipinski definition) is 1. The van der Waals surface area contributed by atoms with Crippen molar-refractivity contribution in [3.05, 3.63) is 117 Å². The molecule has 3 aromatic carbocycles. The molecule has 43 heavy (non-hydrogen) atoms. The summed E-state index contributed by atoms with van der Waals surface area (Å²) in [5, 5.41) is 8.27. The predicted octanol–water partition coefficient (Wildman–Crippen LogP) is 4.59. The van der Waals surface area contributed by atoms with Crippen LogP contribution in [0.3, 0.4) is 0 Å². The van der Waals surface area contributed by atoms with E-state index in [4.69, 9.17) is 9.26 Å². The van der Waals surface area contributed by atoms with Gasteiger partial charge in [0.1, 0.15) is 6.33 Å². The van der Waals surface area contributed by atoms with E-state index in [1.54, 1.807) is 10.6 Å². The predicted molar refractivity (Wildman–Crippen MR) is 160 cm³/mol. The number of hydrogen-bond acceptors (Lipinski definition) is 7. The molecule has 6 rings (SSSR count). The van der Waals surface area contributed by atoms with E-state index in [9.17, 15) is 14.0 Å². The van der Waals surface area contributed by atoms with E-state index in [1.165, 1.54) is 30.1 Å². The Morgan fingerprint density at radius 3 is 2.47 bits per heavy atom. The first-order chi connectivity index (χ1) is 20.5. The molecule has 0 saturated carbocycles. The fraction of sp³-hybridized carbons (Fsp3) is 0.194. The molecule has 0 bridgehead atoms. The van der Waals surface area contributed by atoms with E-state index in [1.807, 2.05) is 48.5 Å². The second-order valence-corrected chi connectivity index (χ2v) is 9.82. The molecule has 0 saturated heterocycles. The topological polar surface area (TPSA) is 120 Å². The molecule has 1 N–H and O–H groups in total. The van der Waals surface area contributed by atoms with Crippen LogP contribution in [-0.2, 0) is 12.8 Å². The molecule has 12 heteroatoms. The maximum Gasteiger partial charge on any atom is 0.439 e. The molecule has 0 aliphatic carbocycles. The molecule has 3 heterocycles. The van der Waals surface area contributed by atoms with E-state index >= 15 is 0 Å². The van der Waals surface area contributed by atoms with Crippen LogP contribution < -0.4 is 16.1 Å². The number of nitrogens with one attached hydrogen (secondary N) is 1. The van der Waals surface area contributed by atoms with Gasteiger partial charge in [-0.2, -0.15) is 10.1 Å². The van der Waals surface area contributed by atoms with Gasteiger partial charge in [0.25, 0.3) is 5.56 Å². The van der Waals surface area contributed by atoms with Gasteiger partial charge in [-0.05, 0) is 41.7 Å². The van der Waals surface area contributed by atoms with Crippen molar-refractivity contribution in [1.82, 2.24) is 29.3 Å². The number of aryl methyl sites for hydroxylation is 1. The van der Waals surface area contributed by atoms with Crippen LogP contribution >= 0.6 is 0 Å². The Hall–Kier alpha value is -3.68. The van der Waals surface area contributed by atoms with Crippen molar-refractivity contribution in [3.8, 4) is 34.0 Å². The summed E-state index contributed by atoms with van der Waals surface area (Å²) in [6, 6.07) is 19.8. The molecule has 0 aliphatic heterocycles. The third kappa shape index (κ3) is 6.06. The van der Waals surface area contributed by atoms with Crippen LogP contribution in [0.2, 0.25) is 0 Å². The molecular formula is C31H27FKN6O4. The zero-order chi connectivity index (χ0) is 29.2. The molecule has 213 valence electrons. The summed E-state index contributed by atoms with van der Waals surface area (Å²) in [7, 11) is 1.39. The SMILES string of the molecule is CCCCc1c(Cc2ccc(-c3ccccc3-c3noc(=O)[nH]3)cc2)c(=O)n(-c2ccc(OC)c(F)c2)c2ncnn12.[K]. The molecule has 6 aromatic rings. The zero-order valence-electron chi connectivity index (χ0n) is 24.0. The summed E-state index contributed by atoms with van der Waals surface area (Å²) < 4.78 is 27.5. The number of methoxy groups -OCH3 is 1. The Labute approximate surface area is 288 Å². The van der Waals surface area contributed by atoms with Crippen LogP contribution in [0.1, 0.15) is 36.6 Å². The zero-order valence-corrected chi connectivity index (χ0v) is 27.1. The molecular weight excluding hydrogens is 578 g/mol. The van der Waals surface area contributed by atoms with E-state index in [-0.39, 0.29) is 62.7 Å². The Morgan fingerprint density at radius 2 is 1.79 bits per heavy atom. The molecule has 0 aliphatic rings. The van der Waals surface area contributed by atoms with Gasteiger partial charge < -0.3 is 4.74 Å². The monoisotopic (exact) mass is 605 g/mol. The number of nitrogens with zero attached hydrogens (tertiary/aromatic N) is 5. The van der Waals surface area contributed by atoms with Gasteiger partial charge in [0, 0.05) is 75.0 Å². The second-order valence-electron chi connectivity index (χ2n) is 9.82. The number of ether oxygens (including phenoxy) is 1. The molecule has 0 amide bonds. The van der Waals surface area contributed by atoms with E-state index in [0.29, 0.717) is 35.7 Å². The van der Waals surface area contributed by atoms with Gasteiger partial charge in [0.05, 0.1) is 18.5 Å². The average molecular weight is 606 g/mol. The fourth-order valence-corrected chi connectivity index (χ4v) is 5.15. The Balaban J connectivity index is 0.00000368. The molecule has 10 nitrogen and oxygen atoms in total. The van der Waals surface area contributed by atoms with Gasteiger partial charge in [0.2, 0.25) is 5.78 Å². The third-order valence-electron chi connectivity index (χ3n) is 7.22. The average Bonchev–Trinajstić information content (AvgIpc) is 3.67. The van der Waals surface area contributed by atoms with Crippen LogP contribution in [-0.4, -0.2) is 87.8 Å². The van der Waals surface area contributed by atoms with Gasteiger partial charge in [-0.1, -0.05) is 67.0 Å². The summed E-state index contributed by atoms with van der Waals surface area (Å²) in [5.74, 6) is -0.460. The van der Waals surface area contributed by atoms with Crippen molar-refractivity contribution >= 4 is 57.2 Å². The van der Waals surface area contributed by atoms with E-state index in [2.05, 4.69) is 27.1 Å². The third-order valence-corrected chi connectivity index (χ3v) is 7.22. The number of aromatic amines is 1. The molecule has 0 unspecified atom stereocenters. The Bertz CT molecular complexity index is 2010.